The van der Waals surface area contributed by atoms with Crippen LogP contribution in [0.1, 0.15) is 23.7 Å². The predicted molar refractivity (Wildman–Crippen MR) is 94.6 cm³/mol. The fraction of sp³-hybridized carbons (Fsp3) is 0.471. The average molecular weight is 383 g/mol. The van der Waals surface area contributed by atoms with Crippen molar-refractivity contribution in [3.05, 3.63) is 23.8 Å². The van der Waals surface area contributed by atoms with E-state index in [9.17, 15) is 14.4 Å². The molecule has 1 atom stereocenters. The summed E-state index contributed by atoms with van der Waals surface area (Å²) in [4.78, 5) is 37.1. The van der Waals surface area contributed by atoms with Crippen LogP contribution in [0.4, 0.5) is 4.79 Å². The number of ether oxygens (including phenoxy) is 4. The summed E-state index contributed by atoms with van der Waals surface area (Å²) in [7, 11) is 1.44. The van der Waals surface area contributed by atoms with Gasteiger partial charge in [-0.25, -0.2) is 4.79 Å². The maximum absolute atomic E-state index is 12.6. The van der Waals surface area contributed by atoms with Crippen molar-refractivity contribution in [2.45, 2.75) is 19.4 Å². The molecule has 8 nitrogen and oxygen atoms in total. The number of ketones is 1. The number of thioether (sulfide) groups is 1. The topological polar surface area (TPSA) is 91.4 Å². The molecule has 26 heavy (non-hydrogen) atoms. The second-order valence-corrected chi connectivity index (χ2v) is 6.49. The van der Waals surface area contributed by atoms with Crippen LogP contribution in [0.2, 0.25) is 0 Å². The van der Waals surface area contributed by atoms with Crippen molar-refractivity contribution in [1.82, 2.24) is 4.90 Å². The summed E-state index contributed by atoms with van der Waals surface area (Å²) < 4.78 is 20.1. The first-order valence-electron chi connectivity index (χ1n) is 7.92. The zero-order valence-electron chi connectivity index (χ0n) is 14.9. The Hall–Kier alpha value is -2.42. The molecule has 2 rings (SSSR count). The van der Waals surface area contributed by atoms with Crippen molar-refractivity contribution >= 4 is 29.6 Å². The molecule has 142 valence electrons. The van der Waals surface area contributed by atoms with E-state index in [1.807, 2.05) is 6.26 Å². The number of amides is 1. The molecule has 0 aliphatic carbocycles. The van der Waals surface area contributed by atoms with E-state index in [4.69, 9.17) is 18.9 Å². The first-order chi connectivity index (χ1) is 12.4. The van der Waals surface area contributed by atoms with E-state index in [0.717, 1.165) is 4.90 Å². The second-order valence-electron chi connectivity index (χ2n) is 5.51. The number of hydrogen-bond acceptors (Lipinski definition) is 8. The smallest absolute Gasteiger partial charge is 0.413 e. The van der Waals surface area contributed by atoms with Gasteiger partial charge in [0.25, 0.3) is 0 Å². The molecule has 1 aromatic carbocycles. The Labute approximate surface area is 155 Å². The first-order valence-corrected chi connectivity index (χ1v) is 9.31. The van der Waals surface area contributed by atoms with E-state index in [1.165, 1.54) is 18.8 Å². The van der Waals surface area contributed by atoms with Gasteiger partial charge < -0.3 is 23.8 Å². The summed E-state index contributed by atoms with van der Waals surface area (Å²) in [6.07, 6.45) is 1.36. The molecule has 0 aromatic heterocycles. The molecule has 0 fully saturated rings. The summed E-state index contributed by atoms with van der Waals surface area (Å²) in [5.74, 6) is 0.975. The van der Waals surface area contributed by atoms with Crippen LogP contribution in [0.5, 0.6) is 11.5 Å². The summed E-state index contributed by atoms with van der Waals surface area (Å²) in [6, 6.07) is 4.07. The Kier molecular flexibility index (Phi) is 7.14. The van der Waals surface area contributed by atoms with Crippen LogP contribution >= 0.6 is 11.8 Å². The van der Waals surface area contributed by atoms with Crippen LogP contribution in [0, 0.1) is 0 Å². The zero-order valence-corrected chi connectivity index (χ0v) is 15.7. The number of carbonyl (C=O) groups is 3. The number of nitrogens with zero attached hydrogens (tertiary/aromatic N) is 1. The molecule has 1 aromatic rings. The molecule has 0 radical (unpaired) electrons. The van der Waals surface area contributed by atoms with Gasteiger partial charge in [0.15, 0.2) is 17.3 Å². The van der Waals surface area contributed by atoms with Crippen molar-refractivity contribution in [3.63, 3.8) is 0 Å². The van der Waals surface area contributed by atoms with Gasteiger partial charge in [0.05, 0.1) is 12.5 Å². The Morgan fingerprint density at radius 1 is 1.23 bits per heavy atom. The van der Waals surface area contributed by atoms with Gasteiger partial charge in [-0.15, -0.1) is 0 Å². The standard InChI is InChI=1S/C17H21NO7S/c1-11(16(20)12-4-5-13-14(8-12)23-9-22-13)18(2)17(21)25-10-24-15(19)6-7-26-3/h4-5,8,11H,6-7,9-10H2,1-3H3. The molecule has 1 amide bonds. The minimum Gasteiger partial charge on any atom is -0.454 e. The minimum absolute atomic E-state index is 0.115. The summed E-state index contributed by atoms with van der Waals surface area (Å²) in [5, 5.41) is 0. The van der Waals surface area contributed by atoms with Gasteiger partial charge >= 0.3 is 12.1 Å². The highest BCUT2D eigenvalue weighted by Gasteiger charge is 2.26. The van der Waals surface area contributed by atoms with Gasteiger partial charge in [-0.05, 0) is 31.4 Å². The molecular weight excluding hydrogens is 362 g/mol. The fourth-order valence-corrected chi connectivity index (χ4v) is 2.50. The second kappa shape index (κ2) is 9.33. The maximum Gasteiger partial charge on any atom is 0.413 e. The Morgan fingerprint density at radius 2 is 1.96 bits per heavy atom. The number of carbonyl (C=O) groups excluding carboxylic acids is 3. The lowest BCUT2D eigenvalue weighted by Crippen LogP contribution is -2.41. The maximum atomic E-state index is 12.6. The van der Waals surface area contributed by atoms with Crippen molar-refractivity contribution < 1.29 is 33.3 Å². The van der Waals surface area contributed by atoms with E-state index >= 15 is 0 Å². The molecule has 1 unspecified atom stereocenters. The van der Waals surface area contributed by atoms with Gasteiger partial charge in [-0.1, -0.05) is 0 Å². The predicted octanol–water partition coefficient (Wildman–Crippen LogP) is 2.31. The van der Waals surface area contributed by atoms with Crippen LogP contribution in [0.3, 0.4) is 0 Å². The van der Waals surface area contributed by atoms with E-state index in [1.54, 1.807) is 25.1 Å². The van der Waals surface area contributed by atoms with Gasteiger partial charge in [0.1, 0.15) is 0 Å². The first kappa shape index (κ1) is 19.9. The third-order valence-electron chi connectivity index (χ3n) is 3.82. The summed E-state index contributed by atoms with van der Waals surface area (Å²) >= 11 is 1.52. The van der Waals surface area contributed by atoms with Gasteiger partial charge in [0.2, 0.25) is 13.6 Å². The van der Waals surface area contributed by atoms with Crippen LogP contribution in [-0.4, -0.2) is 61.4 Å². The molecule has 0 saturated carbocycles. The van der Waals surface area contributed by atoms with E-state index in [2.05, 4.69) is 0 Å². The van der Waals surface area contributed by atoms with Crippen molar-refractivity contribution in [3.8, 4) is 11.5 Å². The molecular formula is C17H21NO7S. The quantitative estimate of drug-likeness (QED) is 0.384. The normalized spacial score (nSPS) is 13.0. The third-order valence-corrected chi connectivity index (χ3v) is 4.43. The molecule has 1 heterocycles. The number of Topliss-reactive ketones (excluding diaryl/α,β-unsaturated/α-hetero) is 1. The molecule has 9 heteroatoms. The van der Waals surface area contributed by atoms with Crippen LogP contribution < -0.4 is 9.47 Å². The highest BCUT2D eigenvalue weighted by molar-refractivity contribution is 7.98. The average Bonchev–Trinajstić information content (AvgIpc) is 3.12. The molecule has 0 saturated heterocycles. The zero-order chi connectivity index (χ0) is 19.1. The Morgan fingerprint density at radius 3 is 2.69 bits per heavy atom. The lowest BCUT2D eigenvalue weighted by Gasteiger charge is -2.23. The Balaban J connectivity index is 1.85. The van der Waals surface area contributed by atoms with Gasteiger partial charge in [0, 0.05) is 18.4 Å². The molecule has 0 spiro atoms. The van der Waals surface area contributed by atoms with Crippen molar-refractivity contribution in [2.24, 2.45) is 0 Å². The lowest BCUT2D eigenvalue weighted by molar-refractivity contribution is -0.151. The number of likely N-dealkylation sites (N-methyl/N-ethyl adjacent to an activating group) is 1. The highest BCUT2D eigenvalue weighted by Crippen LogP contribution is 2.32. The highest BCUT2D eigenvalue weighted by atomic mass is 32.2. The molecule has 1 aliphatic rings. The Bertz CT molecular complexity index is 679. The van der Waals surface area contributed by atoms with Crippen molar-refractivity contribution in [1.29, 1.82) is 0 Å². The molecule has 0 N–H and O–H groups in total. The minimum atomic E-state index is -0.768. The third kappa shape index (κ3) is 5.04. The number of hydrogen-bond donors (Lipinski definition) is 0. The lowest BCUT2D eigenvalue weighted by atomic mass is 10.0. The summed E-state index contributed by atoms with van der Waals surface area (Å²) in [6.45, 7) is 1.21. The monoisotopic (exact) mass is 383 g/mol. The SMILES string of the molecule is CSCCC(=O)OCOC(=O)N(C)C(C)C(=O)c1ccc2c(c1)OCO2. The number of benzene rings is 1. The van der Waals surface area contributed by atoms with E-state index in [-0.39, 0.29) is 19.0 Å². The van der Waals surface area contributed by atoms with Crippen LogP contribution in [-0.2, 0) is 14.3 Å². The van der Waals surface area contributed by atoms with Gasteiger partial charge in [-0.2, -0.15) is 11.8 Å². The largest absolute Gasteiger partial charge is 0.454 e. The van der Waals surface area contributed by atoms with Crippen LogP contribution in [0.25, 0.3) is 0 Å². The molecule has 0 bridgehead atoms. The van der Waals surface area contributed by atoms with Crippen molar-refractivity contribution in [2.75, 3.05) is 32.6 Å². The number of esters is 1. The van der Waals surface area contributed by atoms with E-state index in [0.29, 0.717) is 22.8 Å². The number of rotatable bonds is 8. The van der Waals surface area contributed by atoms with Gasteiger partial charge in [-0.3, -0.25) is 9.59 Å². The van der Waals surface area contributed by atoms with E-state index < -0.39 is 24.9 Å². The fourth-order valence-electron chi connectivity index (χ4n) is 2.13. The van der Waals surface area contributed by atoms with Crippen LogP contribution in [0.15, 0.2) is 18.2 Å². The summed E-state index contributed by atoms with van der Waals surface area (Å²) in [5.41, 5.74) is 0.393. The molecule has 1 aliphatic heterocycles. The number of fused-ring (bicyclic) bond motifs is 1.